The van der Waals surface area contributed by atoms with Crippen LogP contribution in [-0.4, -0.2) is 80.6 Å². The lowest BCUT2D eigenvalue weighted by Crippen LogP contribution is -2.38. The van der Waals surface area contributed by atoms with Gasteiger partial charge < -0.3 is 29.2 Å². The molecule has 2 saturated heterocycles. The Balaban J connectivity index is 1.43. The van der Waals surface area contributed by atoms with E-state index in [0.717, 1.165) is 22.3 Å². The lowest BCUT2D eigenvalue weighted by molar-refractivity contribution is -0.145. The summed E-state index contributed by atoms with van der Waals surface area (Å²) in [6.07, 6.45) is 1.55. The van der Waals surface area contributed by atoms with Crippen LogP contribution in [0.5, 0.6) is 11.5 Å². The van der Waals surface area contributed by atoms with Crippen LogP contribution >= 0.6 is 11.8 Å². The molecule has 2 aliphatic rings. The quantitative estimate of drug-likeness (QED) is 0.317. The number of nitrogens with zero attached hydrogens (tertiary/aromatic N) is 2. The Kier molecular flexibility index (Phi) is 10.0. The van der Waals surface area contributed by atoms with Gasteiger partial charge in [-0.15, -0.1) is 0 Å². The second-order valence-corrected chi connectivity index (χ2v) is 9.66. The number of esters is 1. The smallest absolute Gasteiger partial charge is 0.344 e. The van der Waals surface area contributed by atoms with E-state index >= 15 is 0 Å². The van der Waals surface area contributed by atoms with Gasteiger partial charge in [-0.1, -0.05) is 18.2 Å². The fraction of sp³-hybridized carbons (Fsp3) is 0.357. The summed E-state index contributed by atoms with van der Waals surface area (Å²) in [4.78, 5) is 53.4. The van der Waals surface area contributed by atoms with E-state index in [1.807, 2.05) is 18.2 Å². The van der Waals surface area contributed by atoms with E-state index in [4.69, 9.17) is 18.9 Å². The van der Waals surface area contributed by atoms with Crippen LogP contribution < -0.4 is 19.7 Å². The maximum absolute atomic E-state index is 13.0. The minimum absolute atomic E-state index is 0.175. The van der Waals surface area contributed by atoms with Crippen molar-refractivity contribution < 1.29 is 38.1 Å². The minimum Gasteiger partial charge on any atom is -0.490 e. The normalized spacial score (nSPS) is 16.3. The first-order valence-electron chi connectivity index (χ1n) is 12.9. The molecule has 3 amide bonds. The number of morpholine rings is 1. The van der Waals surface area contributed by atoms with Crippen molar-refractivity contribution in [3.8, 4) is 11.5 Å². The van der Waals surface area contributed by atoms with Gasteiger partial charge in [0, 0.05) is 13.1 Å². The van der Waals surface area contributed by atoms with Gasteiger partial charge in [0.05, 0.1) is 42.7 Å². The maximum atomic E-state index is 13.0. The fourth-order valence-electron chi connectivity index (χ4n) is 4.12. The molecule has 2 fully saturated rings. The molecule has 2 aromatic carbocycles. The molecular formula is C28H31N3O8S. The number of anilines is 2. The van der Waals surface area contributed by atoms with E-state index in [2.05, 4.69) is 10.2 Å². The molecule has 12 heteroatoms. The molecule has 0 bridgehead atoms. The van der Waals surface area contributed by atoms with Crippen molar-refractivity contribution in [3.05, 3.63) is 52.9 Å². The number of carbonyl (C=O) groups is 4. The Morgan fingerprint density at radius 3 is 2.55 bits per heavy atom. The van der Waals surface area contributed by atoms with Gasteiger partial charge in [0.25, 0.3) is 11.1 Å². The number of carbonyl (C=O) groups excluding carboxylic acids is 4. The summed E-state index contributed by atoms with van der Waals surface area (Å²) in [7, 11) is 0. The van der Waals surface area contributed by atoms with Crippen molar-refractivity contribution in [1.82, 2.24) is 4.90 Å². The Morgan fingerprint density at radius 1 is 1.02 bits per heavy atom. The van der Waals surface area contributed by atoms with Gasteiger partial charge in [0.1, 0.15) is 6.54 Å². The molecule has 0 atom stereocenters. The molecule has 4 rings (SSSR count). The number of hydrogen-bond donors (Lipinski definition) is 1. The number of para-hydroxylation sites is 2. The van der Waals surface area contributed by atoms with Crippen LogP contribution in [0.25, 0.3) is 6.08 Å². The Hall–Kier alpha value is -4.03. The van der Waals surface area contributed by atoms with E-state index in [0.29, 0.717) is 55.7 Å². The minimum atomic E-state index is -0.563. The number of ether oxygens (including phenoxy) is 4. The van der Waals surface area contributed by atoms with Crippen LogP contribution in [0.3, 0.4) is 0 Å². The first-order chi connectivity index (χ1) is 19.4. The van der Waals surface area contributed by atoms with Gasteiger partial charge in [0.2, 0.25) is 5.91 Å². The number of hydrogen-bond acceptors (Lipinski definition) is 10. The third-order valence-corrected chi connectivity index (χ3v) is 6.83. The van der Waals surface area contributed by atoms with Crippen molar-refractivity contribution in [3.63, 3.8) is 0 Å². The highest BCUT2D eigenvalue weighted by Crippen LogP contribution is 2.35. The number of benzene rings is 2. The van der Waals surface area contributed by atoms with E-state index in [1.165, 1.54) is 0 Å². The highest BCUT2D eigenvalue weighted by molar-refractivity contribution is 8.18. The number of nitrogens with one attached hydrogen (secondary N) is 1. The van der Waals surface area contributed by atoms with Crippen LogP contribution in [0.1, 0.15) is 19.4 Å². The first kappa shape index (κ1) is 29.0. The molecular weight excluding hydrogens is 538 g/mol. The van der Waals surface area contributed by atoms with Gasteiger partial charge in [0.15, 0.2) is 18.1 Å². The summed E-state index contributed by atoms with van der Waals surface area (Å²) in [5.74, 6) is -0.832. The molecule has 0 unspecified atom stereocenters. The molecule has 0 aliphatic carbocycles. The Morgan fingerprint density at radius 2 is 1.80 bits per heavy atom. The molecule has 212 valence electrons. The molecule has 2 heterocycles. The number of amides is 3. The third kappa shape index (κ3) is 7.33. The van der Waals surface area contributed by atoms with E-state index in [1.54, 1.807) is 44.2 Å². The van der Waals surface area contributed by atoms with Crippen LogP contribution in [-0.2, 0) is 23.9 Å². The maximum Gasteiger partial charge on any atom is 0.344 e. The van der Waals surface area contributed by atoms with Crippen LogP contribution in [0.15, 0.2) is 47.4 Å². The molecule has 0 radical (unpaired) electrons. The molecule has 0 spiro atoms. The lowest BCUT2D eigenvalue weighted by Gasteiger charge is -2.30. The molecule has 2 aliphatic heterocycles. The van der Waals surface area contributed by atoms with Gasteiger partial charge in [-0.3, -0.25) is 19.3 Å². The predicted molar refractivity (Wildman–Crippen MR) is 151 cm³/mol. The van der Waals surface area contributed by atoms with Crippen molar-refractivity contribution in [2.24, 2.45) is 0 Å². The summed E-state index contributed by atoms with van der Waals surface area (Å²) in [5.41, 5.74) is 2.04. The standard InChI is InChI=1S/C28H31N3O8S/c1-3-37-23-15-19(9-10-22(23)39-18-26(33)38-4-2)16-24-27(34)31(28(35)40-24)17-25(32)29-20-7-5-6-8-21(20)30-11-13-36-14-12-30/h5-10,15-16H,3-4,11-14,17-18H2,1-2H3,(H,29,32)/b24-16-. The van der Waals surface area contributed by atoms with Gasteiger partial charge in [-0.05, 0) is 61.5 Å². The SMILES string of the molecule is CCOC(=O)COc1ccc(/C=C2\SC(=O)N(CC(=O)Nc3ccccc3N3CCOCC3)C2=O)cc1OCC. The number of imide groups is 1. The summed E-state index contributed by atoms with van der Waals surface area (Å²) < 4.78 is 21.4. The van der Waals surface area contributed by atoms with Crippen molar-refractivity contribution in [2.75, 3.05) is 62.9 Å². The number of rotatable bonds is 11. The monoisotopic (exact) mass is 569 g/mol. The second-order valence-electron chi connectivity index (χ2n) is 8.67. The summed E-state index contributed by atoms with van der Waals surface area (Å²) in [6.45, 7) is 6.01. The van der Waals surface area contributed by atoms with Gasteiger partial charge >= 0.3 is 5.97 Å². The topological polar surface area (TPSA) is 124 Å². The van der Waals surface area contributed by atoms with Crippen LogP contribution in [0.4, 0.5) is 16.2 Å². The van der Waals surface area contributed by atoms with E-state index < -0.39 is 29.6 Å². The zero-order valence-electron chi connectivity index (χ0n) is 22.3. The summed E-state index contributed by atoms with van der Waals surface area (Å²) in [5, 5.41) is 2.30. The third-order valence-electron chi connectivity index (χ3n) is 5.92. The van der Waals surface area contributed by atoms with Crippen molar-refractivity contribution >= 4 is 52.2 Å². The summed E-state index contributed by atoms with van der Waals surface area (Å²) >= 11 is 0.757. The van der Waals surface area contributed by atoms with E-state index in [9.17, 15) is 19.2 Å². The molecule has 0 aromatic heterocycles. The Bertz CT molecular complexity index is 1290. The highest BCUT2D eigenvalue weighted by Gasteiger charge is 2.36. The number of thioether (sulfide) groups is 1. The largest absolute Gasteiger partial charge is 0.490 e. The predicted octanol–water partition coefficient (Wildman–Crippen LogP) is 3.54. The zero-order chi connectivity index (χ0) is 28.5. The van der Waals surface area contributed by atoms with Gasteiger partial charge in [-0.2, -0.15) is 0 Å². The molecule has 40 heavy (non-hydrogen) atoms. The van der Waals surface area contributed by atoms with E-state index in [-0.39, 0.29) is 18.1 Å². The van der Waals surface area contributed by atoms with Gasteiger partial charge in [-0.25, -0.2) is 4.79 Å². The average Bonchev–Trinajstić information content (AvgIpc) is 3.21. The average molecular weight is 570 g/mol. The first-order valence-corrected chi connectivity index (χ1v) is 13.7. The van der Waals surface area contributed by atoms with Crippen molar-refractivity contribution in [1.29, 1.82) is 0 Å². The Labute approximate surface area is 236 Å². The molecule has 0 saturated carbocycles. The molecule has 2 aromatic rings. The molecule has 1 N–H and O–H groups in total. The second kappa shape index (κ2) is 13.9. The zero-order valence-corrected chi connectivity index (χ0v) is 23.2. The summed E-state index contributed by atoms with van der Waals surface area (Å²) in [6, 6.07) is 12.3. The van der Waals surface area contributed by atoms with Crippen molar-refractivity contribution in [2.45, 2.75) is 13.8 Å². The highest BCUT2D eigenvalue weighted by atomic mass is 32.2. The molecule has 11 nitrogen and oxygen atoms in total. The van der Waals surface area contributed by atoms with Crippen LogP contribution in [0.2, 0.25) is 0 Å². The fourth-order valence-corrected chi connectivity index (χ4v) is 4.96. The van der Waals surface area contributed by atoms with Crippen LogP contribution in [0, 0.1) is 0 Å². The lowest BCUT2D eigenvalue weighted by atomic mass is 10.2.